The summed E-state index contributed by atoms with van der Waals surface area (Å²) in [6, 6.07) is 6.21. The number of nitrogens with zero attached hydrogens (tertiary/aromatic N) is 4. The van der Waals surface area contributed by atoms with Gasteiger partial charge in [0.15, 0.2) is 0 Å². The Bertz CT molecular complexity index is 730. The van der Waals surface area contributed by atoms with E-state index >= 15 is 0 Å². The molecule has 0 spiro atoms. The van der Waals surface area contributed by atoms with Crippen molar-refractivity contribution in [3.8, 4) is 0 Å². The average Bonchev–Trinajstić information content (AvgIpc) is 2.54. The molecule has 2 N–H and O–H groups in total. The molecule has 0 saturated carbocycles. The van der Waals surface area contributed by atoms with Crippen LogP contribution in [0, 0.1) is 13.8 Å². The number of benzene rings is 1. The molecule has 3 rings (SSSR count). The summed E-state index contributed by atoms with van der Waals surface area (Å²) in [6.07, 6.45) is 0. The van der Waals surface area contributed by atoms with Gasteiger partial charge in [-0.2, -0.15) is 0 Å². The quantitative estimate of drug-likeness (QED) is 0.890. The number of hydrogen-bond acceptors (Lipinski definition) is 7. The van der Waals surface area contributed by atoms with Crippen molar-refractivity contribution in [1.82, 2.24) is 20.2 Å². The first-order valence-corrected chi connectivity index (χ1v) is 7.67. The van der Waals surface area contributed by atoms with Crippen LogP contribution in [0.15, 0.2) is 23.2 Å². The molecule has 0 fully saturated rings. The van der Waals surface area contributed by atoms with Gasteiger partial charge in [0.2, 0.25) is 11.9 Å². The van der Waals surface area contributed by atoms with Crippen LogP contribution in [0.5, 0.6) is 0 Å². The van der Waals surface area contributed by atoms with Crippen molar-refractivity contribution in [3.05, 3.63) is 29.5 Å². The number of ether oxygens (including phenoxy) is 1. The third-order valence-corrected chi connectivity index (χ3v) is 3.78. The average molecular weight is 314 g/mol. The molecule has 0 aliphatic carbocycles. The minimum absolute atomic E-state index is 0.567. The number of rotatable bonds is 4. The lowest BCUT2D eigenvalue weighted by Gasteiger charge is -2.26. The molecule has 0 amide bonds. The van der Waals surface area contributed by atoms with Crippen molar-refractivity contribution in [2.24, 2.45) is 4.99 Å². The van der Waals surface area contributed by atoms with Crippen molar-refractivity contribution in [1.29, 1.82) is 0 Å². The summed E-state index contributed by atoms with van der Waals surface area (Å²) in [5, 5.41) is 7.48. The molecule has 2 aromatic rings. The third kappa shape index (κ3) is 3.75. The molecule has 0 radical (unpaired) electrons. The zero-order valence-electron chi connectivity index (χ0n) is 13.8. The largest absolute Gasteiger partial charge is 0.383 e. The highest BCUT2D eigenvalue weighted by molar-refractivity contribution is 5.93. The van der Waals surface area contributed by atoms with E-state index in [4.69, 9.17) is 4.74 Å². The Morgan fingerprint density at radius 1 is 1.30 bits per heavy atom. The van der Waals surface area contributed by atoms with Crippen molar-refractivity contribution >= 4 is 22.8 Å². The predicted molar refractivity (Wildman–Crippen MR) is 91.5 cm³/mol. The Labute approximate surface area is 135 Å². The van der Waals surface area contributed by atoms with Gasteiger partial charge in [-0.1, -0.05) is 12.1 Å². The zero-order chi connectivity index (χ0) is 16.2. The second-order valence-corrected chi connectivity index (χ2v) is 5.65. The molecular weight excluding hydrogens is 292 g/mol. The maximum atomic E-state index is 5.08. The van der Waals surface area contributed by atoms with Crippen molar-refractivity contribution < 1.29 is 4.74 Å². The molecular formula is C16H22N6O. The van der Waals surface area contributed by atoms with Gasteiger partial charge in [-0.15, -0.1) is 0 Å². The number of hydrogen-bond donors (Lipinski definition) is 2. The number of guanidine groups is 1. The molecule has 122 valence electrons. The van der Waals surface area contributed by atoms with Crippen LogP contribution in [0.2, 0.25) is 0 Å². The molecule has 0 bridgehead atoms. The van der Waals surface area contributed by atoms with Crippen LogP contribution in [0.1, 0.15) is 11.3 Å². The highest BCUT2D eigenvalue weighted by Crippen LogP contribution is 2.18. The minimum Gasteiger partial charge on any atom is -0.383 e. The first-order chi connectivity index (χ1) is 11.2. The van der Waals surface area contributed by atoms with E-state index in [0.717, 1.165) is 29.8 Å². The van der Waals surface area contributed by atoms with E-state index in [1.165, 1.54) is 5.56 Å². The topological polar surface area (TPSA) is 74.7 Å². The SMILES string of the molecule is COCCN1CN=C(Nc2nc(C)c3ccc(C)cc3n2)NC1. The second kappa shape index (κ2) is 6.89. The predicted octanol–water partition coefficient (Wildman–Crippen LogP) is 1.48. The maximum Gasteiger partial charge on any atom is 0.230 e. The fourth-order valence-electron chi connectivity index (χ4n) is 2.48. The summed E-state index contributed by atoms with van der Waals surface area (Å²) in [5.41, 5.74) is 3.08. The number of nitrogens with one attached hydrogen (secondary N) is 2. The molecule has 0 atom stereocenters. The summed E-state index contributed by atoms with van der Waals surface area (Å²) < 4.78 is 5.08. The van der Waals surface area contributed by atoms with E-state index in [0.29, 0.717) is 25.2 Å². The monoisotopic (exact) mass is 314 g/mol. The van der Waals surface area contributed by atoms with Crippen molar-refractivity contribution in [2.45, 2.75) is 13.8 Å². The van der Waals surface area contributed by atoms with Crippen LogP contribution >= 0.6 is 0 Å². The normalized spacial score (nSPS) is 15.3. The van der Waals surface area contributed by atoms with E-state index in [1.54, 1.807) is 7.11 Å². The number of fused-ring (bicyclic) bond motifs is 1. The number of anilines is 1. The minimum atomic E-state index is 0.567. The van der Waals surface area contributed by atoms with Gasteiger partial charge in [-0.25, -0.2) is 15.0 Å². The maximum absolute atomic E-state index is 5.08. The Morgan fingerprint density at radius 2 is 2.17 bits per heavy atom. The smallest absolute Gasteiger partial charge is 0.230 e. The summed E-state index contributed by atoms with van der Waals surface area (Å²) in [6.45, 7) is 6.96. The molecule has 0 saturated heterocycles. The lowest BCUT2D eigenvalue weighted by Crippen LogP contribution is -2.46. The molecule has 1 aromatic heterocycles. The van der Waals surface area contributed by atoms with Gasteiger partial charge in [0.25, 0.3) is 0 Å². The van der Waals surface area contributed by atoms with Crippen LogP contribution in [-0.2, 0) is 4.74 Å². The molecule has 23 heavy (non-hydrogen) atoms. The summed E-state index contributed by atoms with van der Waals surface area (Å²) in [4.78, 5) is 15.7. The number of aryl methyl sites for hydroxylation is 2. The molecule has 2 heterocycles. The summed E-state index contributed by atoms with van der Waals surface area (Å²) in [7, 11) is 1.70. The second-order valence-electron chi connectivity index (χ2n) is 5.65. The molecule has 0 unspecified atom stereocenters. The Balaban J connectivity index is 1.73. The van der Waals surface area contributed by atoms with Crippen LogP contribution in [-0.4, -0.2) is 54.4 Å². The first-order valence-electron chi connectivity index (χ1n) is 7.67. The van der Waals surface area contributed by atoms with E-state index in [9.17, 15) is 0 Å². The van der Waals surface area contributed by atoms with Gasteiger partial charge in [-0.05, 0) is 25.5 Å². The molecule has 7 heteroatoms. The third-order valence-electron chi connectivity index (χ3n) is 3.78. The van der Waals surface area contributed by atoms with Crippen LogP contribution in [0.25, 0.3) is 10.9 Å². The van der Waals surface area contributed by atoms with Gasteiger partial charge >= 0.3 is 0 Å². The Kier molecular flexibility index (Phi) is 4.68. The fraction of sp³-hybridized carbons (Fsp3) is 0.438. The Hall–Kier alpha value is -2.25. The summed E-state index contributed by atoms with van der Waals surface area (Å²) in [5.74, 6) is 1.27. The molecule has 1 aliphatic heterocycles. The highest BCUT2D eigenvalue weighted by atomic mass is 16.5. The van der Waals surface area contributed by atoms with Crippen LogP contribution in [0.4, 0.5) is 5.95 Å². The molecule has 1 aliphatic rings. The zero-order valence-corrected chi connectivity index (χ0v) is 13.8. The Morgan fingerprint density at radius 3 is 2.91 bits per heavy atom. The number of methoxy groups -OCH3 is 1. The lowest BCUT2D eigenvalue weighted by molar-refractivity contribution is 0.145. The van der Waals surface area contributed by atoms with E-state index in [1.807, 2.05) is 6.92 Å². The van der Waals surface area contributed by atoms with Gasteiger partial charge in [0.05, 0.1) is 31.2 Å². The van der Waals surface area contributed by atoms with Gasteiger partial charge in [0.1, 0.15) is 0 Å². The number of aromatic nitrogens is 2. The van der Waals surface area contributed by atoms with E-state index in [2.05, 4.69) is 55.6 Å². The lowest BCUT2D eigenvalue weighted by atomic mass is 10.1. The van der Waals surface area contributed by atoms with Crippen molar-refractivity contribution in [3.63, 3.8) is 0 Å². The fourth-order valence-corrected chi connectivity index (χ4v) is 2.48. The molecule has 1 aromatic carbocycles. The van der Waals surface area contributed by atoms with E-state index < -0.39 is 0 Å². The van der Waals surface area contributed by atoms with Gasteiger partial charge < -0.3 is 10.1 Å². The first kappa shape index (κ1) is 15.6. The van der Waals surface area contributed by atoms with Crippen LogP contribution < -0.4 is 10.6 Å². The highest BCUT2D eigenvalue weighted by Gasteiger charge is 2.13. The van der Waals surface area contributed by atoms with E-state index in [-0.39, 0.29) is 0 Å². The number of aliphatic imine (C=N–C) groups is 1. The van der Waals surface area contributed by atoms with Gasteiger partial charge in [0, 0.05) is 19.0 Å². The standard InChI is InChI=1S/C16H22N6O/c1-11-4-5-13-12(2)19-16(20-14(13)8-11)21-15-17-9-22(10-18-15)6-7-23-3/h4-5,8H,6-7,9-10H2,1-3H3,(H2,17,18,19,20,21). The summed E-state index contributed by atoms with van der Waals surface area (Å²) >= 11 is 0. The van der Waals surface area contributed by atoms with Gasteiger partial charge in [-0.3, -0.25) is 10.2 Å². The van der Waals surface area contributed by atoms with Crippen molar-refractivity contribution in [2.75, 3.05) is 38.9 Å². The molecule has 7 nitrogen and oxygen atoms in total. The van der Waals surface area contributed by atoms with Crippen LogP contribution in [0.3, 0.4) is 0 Å².